The van der Waals surface area contributed by atoms with Crippen molar-refractivity contribution in [2.24, 2.45) is 0 Å². The highest BCUT2D eigenvalue weighted by Gasteiger charge is 2.13. The van der Waals surface area contributed by atoms with Crippen LogP contribution in [0.5, 0.6) is 5.75 Å². The Hall–Kier alpha value is -1.06. The predicted molar refractivity (Wildman–Crippen MR) is 79.4 cm³/mol. The third-order valence-electron chi connectivity index (χ3n) is 2.85. The third kappa shape index (κ3) is 3.71. The van der Waals surface area contributed by atoms with Gasteiger partial charge in [-0.25, -0.2) is 4.39 Å². The van der Waals surface area contributed by atoms with E-state index in [0.717, 1.165) is 21.3 Å². The lowest BCUT2D eigenvalue weighted by atomic mass is 10.0. The lowest BCUT2D eigenvalue weighted by molar-refractivity contribution is 0.414. The number of rotatable bonds is 4. The second-order valence-corrected chi connectivity index (χ2v) is 5.57. The van der Waals surface area contributed by atoms with E-state index in [-0.39, 0.29) is 11.2 Å². The van der Waals surface area contributed by atoms with Gasteiger partial charge in [-0.15, -0.1) is 11.6 Å². The van der Waals surface area contributed by atoms with Crippen LogP contribution >= 0.6 is 27.5 Å². The Balaban J connectivity index is 2.18. The van der Waals surface area contributed by atoms with Gasteiger partial charge in [0.05, 0.1) is 12.5 Å². The smallest absolute Gasteiger partial charge is 0.123 e. The molecular formula is C15H13BrClFO. The molecular weight excluding hydrogens is 331 g/mol. The average Bonchev–Trinajstić information content (AvgIpc) is 2.38. The molecule has 0 saturated carbocycles. The molecule has 0 heterocycles. The van der Waals surface area contributed by atoms with Crippen molar-refractivity contribution < 1.29 is 9.13 Å². The molecule has 2 aromatic rings. The fourth-order valence-electron chi connectivity index (χ4n) is 1.87. The zero-order valence-electron chi connectivity index (χ0n) is 10.4. The van der Waals surface area contributed by atoms with Gasteiger partial charge in [0.1, 0.15) is 11.6 Å². The second kappa shape index (κ2) is 6.40. The Bertz CT molecular complexity index is 574. The first-order valence-corrected chi connectivity index (χ1v) is 7.05. The number of ether oxygens (including phenoxy) is 1. The number of hydrogen-bond donors (Lipinski definition) is 0. The highest BCUT2D eigenvalue weighted by molar-refractivity contribution is 9.10. The summed E-state index contributed by atoms with van der Waals surface area (Å²) < 4.78 is 19.2. The monoisotopic (exact) mass is 342 g/mol. The van der Waals surface area contributed by atoms with Gasteiger partial charge in [0.2, 0.25) is 0 Å². The summed E-state index contributed by atoms with van der Waals surface area (Å²) >= 11 is 9.88. The molecule has 4 heteroatoms. The minimum absolute atomic E-state index is 0.220. The normalized spacial score (nSPS) is 12.2. The van der Waals surface area contributed by atoms with Crippen LogP contribution in [0.15, 0.2) is 46.9 Å². The first-order valence-electron chi connectivity index (χ1n) is 5.82. The van der Waals surface area contributed by atoms with Crippen molar-refractivity contribution in [1.82, 2.24) is 0 Å². The van der Waals surface area contributed by atoms with Crippen molar-refractivity contribution in [3.05, 3.63) is 63.9 Å². The molecule has 1 unspecified atom stereocenters. The Morgan fingerprint density at radius 1 is 1.26 bits per heavy atom. The number of hydrogen-bond acceptors (Lipinski definition) is 1. The lowest BCUT2D eigenvalue weighted by Crippen LogP contribution is -1.98. The molecule has 0 N–H and O–H groups in total. The van der Waals surface area contributed by atoms with Crippen LogP contribution in [0, 0.1) is 5.82 Å². The van der Waals surface area contributed by atoms with E-state index in [1.807, 2.05) is 24.3 Å². The number of methoxy groups -OCH3 is 1. The molecule has 0 aliphatic rings. The Labute approximate surface area is 125 Å². The van der Waals surface area contributed by atoms with Gasteiger partial charge < -0.3 is 4.74 Å². The summed E-state index contributed by atoms with van der Waals surface area (Å²) in [6, 6.07) is 12.1. The van der Waals surface area contributed by atoms with Crippen LogP contribution in [0.25, 0.3) is 0 Å². The van der Waals surface area contributed by atoms with Crippen molar-refractivity contribution in [3.8, 4) is 5.75 Å². The third-order valence-corrected chi connectivity index (χ3v) is 3.93. The van der Waals surface area contributed by atoms with Gasteiger partial charge in [-0.05, 0) is 41.8 Å². The molecule has 1 atom stereocenters. The summed E-state index contributed by atoms with van der Waals surface area (Å²) in [5.41, 5.74) is 1.84. The first kappa shape index (κ1) is 14.4. The molecule has 100 valence electrons. The quantitative estimate of drug-likeness (QED) is 0.700. The van der Waals surface area contributed by atoms with Crippen LogP contribution < -0.4 is 4.74 Å². The highest BCUT2D eigenvalue weighted by Crippen LogP contribution is 2.33. The summed E-state index contributed by atoms with van der Waals surface area (Å²) in [5, 5.41) is -0.220. The largest absolute Gasteiger partial charge is 0.497 e. The van der Waals surface area contributed by atoms with E-state index in [0.29, 0.717) is 6.42 Å². The zero-order chi connectivity index (χ0) is 13.8. The molecule has 0 aromatic heterocycles. The van der Waals surface area contributed by atoms with Gasteiger partial charge in [-0.1, -0.05) is 34.1 Å². The summed E-state index contributed by atoms with van der Waals surface area (Å²) in [7, 11) is 1.62. The minimum Gasteiger partial charge on any atom is -0.497 e. The fourth-order valence-corrected chi connectivity index (χ4v) is 3.00. The van der Waals surface area contributed by atoms with Gasteiger partial charge in [0.25, 0.3) is 0 Å². The van der Waals surface area contributed by atoms with Crippen LogP contribution in [-0.2, 0) is 6.42 Å². The molecule has 2 aromatic carbocycles. The molecule has 1 nitrogen and oxygen atoms in total. The summed E-state index contributed by atoms with van der Waals surface area (Å²) in [5.74, 6) is 0.528. The molecule has 0 saturated heterocycles. The Kier molecular flexibility index (Phi) is 4.83. The van der Waals surface area contributed by atoms with E-state index in [1.165, 1.54) is 12.1 Å². The maximum atomic E-state index is 13.1. The van der Waals surface area contributed by atoms with Gasteiger partial charge in [-0.2, -0.15) is 0 Å². The first-order chi connectivity index (χ1) is 9.10. The van der Waals surface area contributed by atoms with E-state index < -0.39 is 0 Å². The molecule has 0 amide bonds. The number of alkyl halides is 1. The predicted octanol–water partition coefficient (Wildman–Crippen LogP) is 5.12. The van der Waals surface area contributed by atoms with Crippen molar-refractivity contribution >= 4 is 27.5 Å². The van der Waals surface area contributed by atoms with E-state index in [9.17, 15) is 4.39 Å². The fraction of sp³-hybridized carbons (Fsp3) is 0.200. The highest BCUT2D eigenvalue weighted by atomic mass is 79.9. The van der Waals surface area contributed by atoms with Crippen molar-refractivity contribution in [3.63, 3.8) is 0 Å². The average molecular weight is 344 g/mol. The SMILES string of the molecule is COc1ccc(C(Cl)Cc2cccc(F)c2)c(Br)c1. The van der Waals surface area contributed by atoms with Crippen LogP contribution in [0.4, 0.5) is 4.39 Å². The molecule has 0 aliphatic carbocycles. The second-order valence-electron chi connectivity index (χ2n) is 4.19. The van der Waals surface area contributed by atoms with E-state index in [2.05, 4.69) is 15.9 Å². The topological polar surface area (TPSA) is 9.23 Å². The number of benzene rings is 2. The van der Waals surface area contributed by atoms with Crippen molar-refractivity contribution in [1.29, 1.82) is 0 Å². The number of halogens is 3. The van der Waals surface area contributed by atoms with Crippen molar-refractivity contribution in [2.45, 2.75) is 11.8 Å². The maximum Gasteiger partial charge on any atom is 0.123 e. The van der Waals surface area contributed by atoms with Gasteiger partial charge >= 0.3 is 0 Å². The van der Waals surface area contributed by atoms with E-state index >= 15 is 0 Å². The van der Waals surface area contributed by atoms with E-state index in [1.54, 1.807) is 13.2 Å². The standard InChI is InChI=1S/C15H13BrClFO/c1-19-12-5-6-13(14(16)9-12)15(17)8-10-3-2-4-11(18)7-10/h2-7,9,15H,8H2,1H3. The van der Waals surface area contributed by atoms with Crippen LogP contribution in [0.2, 0.25) is 0 Å². The van der Waals surface area contributed by atoms with Crippen LogP contribution in [0.1, 0.15) is 16.5 Å². The van der Waals surface area contributed by atoms with Gasteiger partial charge in [0, 0.05) is 4.47 Å². The van der Waals surface area contributed by atoms with Gasteiger partial charge in [-0.3, -0.25) is 0 Å². The molecule has 19 heavy (non-hydrogen) atoms. The van der Waals surface area contributed by atoms with Crippen LogP contribution in [0.3, 0.4) is 0 Å². The van der Waals surface area contributed by atoms with Crippen molar-refractivity contribution in [2.75, 3.05) is 7.11 Å². The Morgan fingerprint density at radius 2 is 2.05 bits per heavy atom. The van der Waals surface area contributed by atoms with E-state index in [4.69, 9.17) is 16.3 Å². The molecule has 0 aliphatic heterocycles. The summed E-state index contributed by atoms with van der Waals surface area (Å²) in [6.45, 7) is 0. The summed E-state index contributed by atoms with van der Waals surface area (Å²) in [6.07, 6.45) is 0.574. The van der Waals surface area contributed by atoms with Crippen LogP contribution in [-0.4, -0.2) is 7.11 Å². The molecule has 0 bridgehead atoms. The molecule has 0 spiro atoms. The lowest BCUT2D eigenvalue weighted by Gasteiger charge is -2.13. The zero-order valence-corrected chi connectivity index (χ0v) is 12.7. The van der Waals surface area contributed by atoms with Gasteiger partial charge in [0.15, 0.2) is 0 Å². The summed E-state index contributed by atoms with van der Waals surface area (Å²) in [4.78, 5) is 0. The maximum absolute atomic E-state index is 13.1. The molecule has 0 fully saturated rings. The molecule has 2 rings (SSSR count). The molecule has 0 radical (unpaired) electrons. The Morgan fingerprint density at radius 3 is 2.68 bits per heavy atom. The minimum atomic E-state index is -0.241.